The number of aromatic amines is 1. The first-order chi connectivity index (χ1) is 8.85. The maximum atomic E-state index is 5.80. The summed E-state index contributed by atoms with van der Waals surface area (Å²) >= 11 is 0. The van der Waals surface area contributed by atoms with E-state index in [9.17, 15) is 0 Å². The number of aromatic nitrogens is 1. The summed E-state index contributed by atoms with van der Waals surface area (Å²) in [5.74, 6) is 2.35. The Kier molecular flexibility index (Phi) is 2.65. The van der Waals surface area contributed by atoms with Crippen molar-refractivity contribution in [1.82, 2.24) is 4.98 Å². The lowest BCUT2D eigenvalue weighted by Gasteiger charge is -2.07. The molecule has 0 radical (unpaired) electrons. The molecule has 0 bridgehead atoms. The van der Waals surface area contributed by atoms with E-state index in [1.807, 2.05) is 54.7 Å². The standard InChI is InChI=1S/C15H13NO2/c1-17-12-3-2-4-13(9-12)18-14-6-5-11-7-8-16-15(11)10-14/h2-10,16H,1H3. The highest BCUT2D eigenvalue weighted by molar-refractivity contribution is 5.80. The van der Waals surface area contributed by atoms with Gasteiger partial charge in [-0.25, -0.2) is 0 Å². The van der Waals surface area contributed by atoms with Crippen molar-refractivity contribution in [2.24, 2.45) is 0 Å². The molecule has 0 saturated carbocycles. The van der Waals surface area contributed by atoms with Crippen molar-refractivity contribution in [1.29, 1.82) is 0 Å². The third-order valence-electron chi connectivity index (χ3n) is 2.80. The predicted molar refractivity (Wildman–Crippen MR) is 71.4 cm³/mol. The first kappa shape index (κ1) is 10.7. The van der Waals surface area contributed by atoms with Crippen LogP contribution in [0.5, 0.6) is 17.2 Å². The van der Waals surface area contributed by atoms with Crippen LogP contribution in [0.4, 0.5) is 0 Å². The summed E-state index contributed by atoms with van der Waals surface area (Å²) in [7, 11) is 1.64. The number of methoxy groups -OCH3 is 1. The number of benzene rings is 2. The molecule has 2 aromatic carbocycles. The van der Waals surface area contributed by atoms with E-state index < -0.39 is 0 Å². The second-order valence-electron chi connectivity index (χ2n) is 4.01. The molecular formula is C15H13NO2. The third kappa shape index (κ3) is 2.02. The third-order valence-corrected chi connectivity index (χ3v) is 2.80. The van der Waals surface area contributed by atoms with E-state index in [0.29, 0.717) is 0 Å². The van der Waals surface area contributed by atoms with E-state index in [2.05, 4.69) is 4.98 Å². The number of rotatable bonds is 3. The van der Waals surface area contributed by atoms with Crippen LogP contribution in [0, 0.1) is 0 Å². The van der Waals surface area contributed by atoms with E-state index >= 15 is 0 Å². The molecule has 18 heavy (non-hydrogen) atoms. The first-order valence-corrected chi connectivity index (χ1v) is 5.74. The van der Waals surface area contributed by atoms with Crippen LogP contribution in [0.15, 0.2) is 54.7 Å². The molecule has 0 aliphatic carbocycles. The molecule has 3 aromatic rings. The monoisotopic (exact) mass is 239 g/mol. The molecule has 0 aliphatic heterocycles. The van der Waals surface area contributed by atoms with Crippen LogP contribution < -0.4 is 9.47 Å². The Morgan fingerprint density at radius 2 is 1.72 bits per heavy atom. The maximum Gasteiger partial charge on any atom is 0.131 e. The molecular weight excluding hydrogens is 226 g/mol. The Balaban J connectivity index is 1.90. The molecule has 0 amide bonds. The lowest BCUT2D eigenvalue weighted by Crippen LogP contribution is -1.86. The molecule has 0 atom stereocenters. The van der Waals surface area contributed by atoms with Gasteiger partial charge in [0.15, 0.2) is 0 Å². The van der Waals surface area contributed by atoms with Crippen LogP contribution in [-0.2, 0) is 0 Å². The molecule has 1 heterocycles. The second-order valence-corrected chi connectivity index (χ2v) is 4.01. The first-order valence-electron chi connectivity index (χ1n) is 5.74. The molecule has 0 aliphatic rings. The van der Waals surface area contributed by atoms with Crippen LogP contribution in [0.2, 0.25) is 0 Å². The van der Waals surface area contributed by atoms with E-state index in [-0.39, 0.29) is 0 Å². The smallest absolute Gasteiger partial charge is 0.131 e. The van der Waals surface area contributed by atoms with Crippen LogP contribution >= 0.6 is 0 Å². The molecule has 0 unspecified atom stereocenters. The Morgan fingerprint density at radius 3 is 2.61 bits per heavy atom. The summed E-state index contributed by atoms with van der Waals surface area (Å²) in [6, 6.07) is 15.6. The molecule has 0 saturated heterocycles. The number of ether oxygens (including phenoxy) is 2. The highest BCUT2D eigenvalue weighted by Gasteiger charge is 2.01. The highest BCUT2D eigenvalue weighted by atomic mass is 16.5. The predicted octanol–water partition coefficient (Wildman–Crippen LogP) is 3.97. The van der Waals surface area contributed by atoms with Gasteiger partial charge in [0, 0.05) is 23.8 Å². The minimum Gasteiger partial charge on any atom is -0.497 e. The quantitative estimate of drug-likeness (QED) is 0.750. The maximum absolute atomic E-state index is 5.80. The van der Waals surface area contributed by atoms with Gasteiger partial charge >= 0.3 is 0 Å². The van der Waals surface area contributed by atoms with Crippen LogP contribution in [0.3, 0.4) is 0 Å². The van der Waals surface area contributed by atoms with Crippen molar-refractivity contribution in [2.45, 2.75) is 0 Å². The minimum absolute atomic E-state index is 0.764. The zero-order valence-corrected chi connectivity index (χ0v) is 10.0. The van der Waals surface area contributed by atoms with Crippen molar-refractivity contribution in [3.05, 3.63) is 54.7 Å². The zero-order chi connectivity index (χ0) is 12.4. The van der Waals surface area contributed by atoms with E-state index in [1.54, 1.807) is 7.11 Å². The molecule has 3 rings (SSSR count). The Hall–Kier alpha value is -2.42. The van der Waals surface area contributed by atoms with Crippen LogP contribution in [0.1, 0.15) is 0 Å². The molecule has 0 spiro atoms. The summed E-state index contributed by atoms with van der Waals surface area (Å²) in [6.45, 7) is 0. The zero-order valence-electron chi connectivity index (χ0n) is 10.0. The van der Waals surface area contributed by atoms with E-state index in [0.717, 1.165) is 22.8 Å². The average molecular weight is 239 g/mol. The summed E-state index contributed by atoms with van der Waals surface area (Å²) in [6.07, 6.45) is 1.92. The number of hydrogen-bond donors (Lipinski definition) is 1. The largest absolute Gasteiger partial charge is 0.497 e. The molecule has 90 valence electrons. The Morgan fingerprint density at radius 1 is 0.889 bits per heavy atom. The molecule has 3 heteroatoms. The molecule has 3 nitrogen and oxygen atoms in total. The van der Waals surface area contributed by atoms with Crippen LogP contribution in [-0.4, -0.2) is 12.1 Å². The normalized spacial score (nSPS) is 10.5. The number of hydrogen-bond acceptors (Lipinski definition) is 2. The van der Waals surface area contributed by atoms with E-state index in [4.69, 9.17) is 9.47 Å². The van der Waals surface area contributed by atoms with Crippen molar-refractivity contribution < 1.29 is 9.47 Å². The van der Waals surface area contributed by atoms with Crippen molar-refractivity contribution in [2.75, 3.05) is 7.11 Å². The van der Waals surface area contributed by atoms with Crippen molar-refractivity contribution in [3.63, 3.8) is 0 Å². The van der Waals surface area contributed by atoms with Gasteiger partial charge in [0.2, 0.25) is 0 Å². The SMILES string of the molecule is COc1cccc(Oc2ccc3cc[nH]c3c2)c1. The van der Waals surface area contributed by atoms with Gasteiger partial charge < -0.3 is 14.5 Å². The lowest BCUT2D eigenvalue weighted by atomic mass is 10.2. The number of H-pyrrole nitrogens is 1. The topological polar surface area (TPSA) is 34.2 Å². The van der Waals surface area contributed by atoms with Crippen molar-refractivity contribution >= 4 is 10.9 Å². The van der Waals surface area contributed by atoms with Gasteiger partial charge in [-0.1, -0.05) is 6.07 Å². The highest BCUT2D eigenvalue weighted by Crippen LogP contribution is 2.27. The average Bonchev–Trinajstić information content (AvgIpc) is 2.86. The van der Waals surface area contributed by atoms with Crippen molar-refractivity contribution in [3.8, 4) is 17.2 Å². The number of fused-ring (bicyclic) bond motifs is 1. The summed E-state index contributed by atoms with van der Waals surface area (Å²) < 4.78 is 11.0. The fraction of sp³-hybridized carbons (Fsp3) is 0.0667. The van der Waals surface area contributed by atoms with Gasteiger partial charge in [-0.2, -0.15) is 0 Å². The van der Waals surface area contributed by atoms with Gasteiger partial charge in [0.25, 0.3) is 0 Å². The number of nitrogens with one attached hydrogen (secondary N) is 1. The summed E-state index contributed by atoms with van der Waals surface area (Å²) in [5.41, 5.74) is 1.07. The lowest BCUT2D eigenvalue weighted by molar-refractivity contribution is 0.409. The second kappa shape index (κ2) is 4.45. The Bertz CT molecular complexity index is 673. The fourth-order valence-corrected chi connectivity index (χ4v) is 1.89. The molecule has 0 fully saturated rings. The van der Waals surface area contributed by atoms with Gasteiger partial charge in [0.1, 0.15) is 17.2 Å². The summed E-state index contributed by atoms with van der Waals surface area (Å²) in [4.78, 5) is 3.16. The van der Waals surface area contributed by atoms with Gasteiger partial charge in [-0.05, 0) is 35.7 Å². The van der Waals surface area contributed by atoms with E-state index in [1.165, 1.54) is 5.39 Å². The molecule has 1 N–H and O–H groups in total. The minimum atomic E-state index is 0.764. The fourth-order valence-electron chi connectivity index (χ4n) is 1.89. The van der Waals surface area contributed by atoms with Crippen LogP contribution in [0.25, 0.3) is 10.9 Å². The van der Waals surface area contributed by atoms with Gasteiger partial charge in [-0.3, -0.25) is 0 Å². The molecule has 1 aromatic heterocycles. The summed E-state index contributed by atoms with van der Waals surface area (Å²) in [5, 5.41) is 1.17. The Labute approximate surface area is 105 Å². The van der Waals surface area contributed by atoms with Gasteiger partial charge in [-0.15, -0.1) is 0 Å². The van der Waals surface area contributed by atoms with Gasteiger partial charge in [0.05, 0.1) is 7.11 Å².